The van der Waals surface area contributed by atoms with Crippen molar-refractivity contribution in [1.29, 1.82) is 0 Å². The van der Waals surface area contributed by atoms with Crippen molar-refractivity contribution in [2.45, 2.75) is 52.4 Å². The molecule has 2 aromatic rings. The zero-order chi connectivity index (χ0) is 21.3. The first kappa shape index (κ1) is 26.4. The number of nitrogens with zero attached hydrogens (tertiary/aromatic N) is 2. The Morgan fingerprint density at radius 3 is 2.23 bits per heavy atom. The molecule has 5 nitrogen and oxygen atoms in total. The van der Waals surface area contributed by atoms with Gasteiger partial charge in [0.2, 0.25) is 0 Å². The molecule has 0 bridgehead atoms. The molecule has 6 heteroatoms. The molecule has 0 heterocycles. The van der Waals surface area contributed by atoms with E-state index in [4.69, 9.17) is 4.99 Å². The van der Waals surface area contributed by atoms with Crippen molar-refractivity contribution in [3.63, 3.8) is 0 Å². The van der Waals surface area contributed by atoms with Crippen molar-refractivity contribution >= 4 is 29.9 Å². The molecule has 166 valence electrons. The van der Waals surface area contributed by atoms with Gasteiger partial charge in [0.1, 0.15) is 5.60 Å². The zero-order valence-corrected chi connectivity index (χ0v) is 21.2. The number of benzene rings is 2. The number of aliphatic imine (C=N–C) groups is 1. The summed E-state index contributed by atoms with van der Waals surface area (Å²) < 4.78 is 0. The number of aliphatic hydroxyl groups is 1. The fourth-order valence-corrected chi connectivity index (χ4v) is 2.98. The predicted molar refractivity (Wildman–Crippen MR) is 137 cm³/mol. The van der Waals surface area contributed by atoms with Gasteiger partial charge in [-0.2, -0.15) is 0 Å². The van der Waals surface area contributed by atoms with E-state index in [0.717, 1.165) is 18.7 Å². The molecule has 0 spiro atoms. The van der Waals surface area contributed by atoms with Crippen LogP contribution in [0, 0.1) is 0 Å². The van der Waals surface area contributed by atoms with Crippen LogP contribution < -0.4 is 10.6 Å². The van der Waals surface area contributed by atoms with E-state index in [1.165, 1.54) is 11.1 Å². The van der Waals surface area contributed by atoms with Crippen molar-refractivity contribution in [3.8, 4) is 0 Å². The fourth-order valence-electron chi connectivity index (χ4n) is 2.98. The Balaban J connectivity index is 0.00000450. The van der Waals surface area contributed by atoms with Gasteiger partial charge in [-0.15, -0.1) is 24.0 Å². The molecule has 0 aliphatic heterocycles. The van der Waals surface area contributed by atoms with E-state index in [1.54, 1.807) is 0 Å². The smallest absolute Gasteiger partial charge is 0.191 e. The summed E-state index contributed by atoms with van der Waals surface area (Å²) in [6.07, 6.45) is 0. The van der Waals surface area contributed by atoms with E-state index < -0.39 is 5.60 Å². The molecule has 0 aliphatic carbocycles. The zero-order valence-electron chi connectivity index (χ0n) is 18.9. The standard InChI is InChI=1S/C24H36N4O.HI/c1-6-25-23(27-18-24(4,29)22-14-8-7-9-15-22)26-16-20-12-10-11-13-21(20)17-28(5)19(2)3;/h7-15,19,29H,6,16-18H2,1-5H3,(H2,25,26,27);1H. The van der Waals surface area contributed by atoms with Crippen molar-refractivity contribution in [3.05, 3.63) is 71.3 Å². The van der Waals surface area contributed by atoms with Crippen LogP contribution in [-0.4, -0.2) is 42.1 Å². The Hall–Kier alpha value is -1.64. The minimum absolute atomic E-state index is 0. The van der Waals surface area contributed by atoms with Crippen LogP contribution in [0.2, 0.25) is 0 Å². The predicted octanol–water partition coefficient (Wildman–Crippen LogP) is 4.11. The van der Waals surface area contributed by atoms with Crippen molar-refractivity contribution in [2.75, 3.05) is 20.1 Å². The van der Waals surface area contributed by atoms with Crippen LogP contribution in [0.25, 0.3) is 0 Å². The summed E-state index contributed by atoms with van der Waals surface area (Å²) in [5.41, 5.74) is 2.41. The number of hydrogen-bond donors (Lipinski definition) is 3. The Morgan fingerprint density at radius 1 is 1.03 bits per heavy atom. The highest BCUT2D eigenvalue weighted by atomic mass is 127. The first-order valence-corrected chi connectivity index (χ1v) is 10.4. The first-order valence-electron chi connectivity index (χ1n) is 10.4. The average molecular weight is 524 g/mol. The molecule has 0 aliphatic rings. The topological polar surface area (TPSA) is 59.9 Å². The van der Waals surface area contributed by atoms with Gasteiger partial charge in [-0.3, -0.25) is 4.90 Å². The molecule has 1 unspecified atom stereocenters. The van der Waals surface area contributed by atoms with E-state index in [0.29, 0.717) is 25.1 Å². The van der Waals surface area contributed by atoms with Gasteiger partial charge in [-0.1, -0.05) is 54.6 Å². The lowest BCUT2D eigenvalue weighted by atomic mass is 9.96. The van der Waals surface area contributed by atoms with Gasteiger partial charge >= 0.3 is 0 Å². The van der Waals surface area contributed by atoms with E-state index in [-0.39, 0.29) is 24.0 Å². The summed E-state index contributed by atoms with van der Waals surface area (Å²) in [5.74, 6) is 0.704. The first-order chi connectivity index (χ1) is 13.8. The average Bonchev–Trinajstić information content (AvgIpc) is 2.71. The maximum Gasteiger partial charge on any atom is 0.191 e. The molecule has 0 amide bonds. The number of hydrogen-bond acceptors (Lipinski definition) is 3. The lowest BCUT2D eigenvalue weighted by Gasteiger charge is -2.25. The highest BCUT2D eigenvalue weighted by Crippen LogP contribution is 2.19. The van der Waals surface area contributed by atoms with Gasteiger partial charge in [0.15, 0.2) is 5.96 Å². The minimum atomic E-state index is -0.977. The number of halogens is 1. The van der Waals surface area contributed by atoms with Gasteiger partial charge in [-0.25, -0.2) is 4.99 Å². The molecule has 0 saturated heterocycles. The number of nitrogens with one attached hydrogen (secondary N) is 2. The van der Waals surface area contributed by atoms with Crippen molar-refractivity contribution in [2.24, 2.45) is 4.99 Å². The van der Waals surface area contributed by atoms with Gasteiger partial charge in [0, 0.05) is 19.1 Å². The molecule has 30 heavy (non-hydrogen) atoms. The molecule has 0 aromatic heterocycles. The van der Waals surface area contributed by atoms with Crippen molar-refractivity contribution in [1.82, 2.24) is 15.5 Å². The van der Waals surface area contributed by atoms with Gasteiger partial charge in [0.05, 0.1) is 13.1 Å². The van der Waals surface area contributed by atoms with Crippen molar-refractivity contribution < 1.29 is 5.11 Å². The van der Waals surface area contributed by atoms with Crippen LogP contribution in [-0.2, 0) is 18.7 Å². The number of rotatable bonds is 9. The molecule has 0 fully saturated rings. The quantitative estimate of drug-likeness (QED) is 0.263. The Labute approximate surface area is 199 Å². The second kappa shape index (κ2) is 12.9. The molecule has 1 atom stereocenters. The van der Waals surface area contributed by atoms with E-state index >= 15 is 0 Å². The van der Waals surface area contributed by atoms with E-state index in [1.807, 2.05) is 44.2 Å². The van der Waals surface area contributed by atoms with Crippen LogP contribution in [0.5, 0.6) is 0 Å². The summed E-state index contributed by atoms with van der Waals surface area (Å²) >= 11 is 0. The number of guanidine groups is 1. The monoisotopic (exact) mass is 524 g/mol. The Bertz CT molecular complexity index is 778. The lowest BCUT2D eigenvalue weighted by molar-refractivity contribution is 0.0617. The third kappa shape index (κ3) is 8.24. The summed E-state index contributed by atoms with van der Waals surface area (Å²) in [6.45, 7) is 10.9. The van der Waals surface area contributed by atoms with Crippen LogP contribution in [0.15, 0.2) is 59.6 Å². The molecule has 0 radical (unpaired) electrons. The normalized spacial score (nSPS) is 13.7. The Kier molecular flexibility index (Phi) is 11.4. The van der Waals surface area contributed by atoms with Gasteiger partial charge < -0.3 is 15.7 Å². The maximum atomic E-state index is 10.8. The third-order valence-electron chi connectivity index (χ3n) is 5.17. The fraction of sp³-hybridized carbons (Fsp3) is 0.458. The summed E-state index contributed by atoms with van der Waals surface area (Å²) in [7, 11) is 2.14. The molecule has 3 N–H and O–H groups in total. The van der Waals surface area contributed by atoms with Gasteiger partial charge in [0.25, 0.3) is 0 Å². The second-order valence-corrected chi connectivity index (χ2v) is 7.97. The molecule has 0 saturated carbocycles. The highest BCUT2D eigenvalue weighted by molar-refractivity contribution is 14.0. The minimum Gasteiger partial charge on any atom is -0.384 e. The SMILES string of the molecule is CCNC(=NCc1ccccc1CN(C)C(C)C)NCC(C)(O)c1ccccc1.I. The molecular weight excluding hydrogens is 487 g/mol. The molecule has 2 rings (SSSR count). The Morgan fingerprint density at radius 2 is 1.63 bits per heavy atom. The molecular formula is C24H37IN4O. The van der Waals surface area contributed by atoms with Crippen LogP contribution in [0.4, 0.5) is 0 Å². The van der Waals surface area contributed by atoms with E-state index in [2.05, 4.69) is 60.7 Å². The molecule has 2 aromatic carbocycles. The lowest BCUT2D eigenvalue weighted by Crippen LogP contribution is -2.44. The second-order valence-electron chi connectivity index (χ2n) is 7.97. The van der Waals surface area contributed by atoms with E-state index in [9.17, 15) is 5.11 Å². The largest absolute Gasteiger partial charge is 0.384 e. The van der Waals surface area contributed by atoms with Crippen LogP contribution in [0.3, 0.4) is 0 Å². The summed E-state index contributed by atoms with van der Waals surface area (Å²) in [4.78, 5) is 7.08. The summed E-state index contributed by atoms with van der Waals surface area (Å²) in [5, 5.41) is 17.4. The van der Waals surface area contributed by atoms with Gasteiger partial charge in [-0.05, 0) is 51.4 Å². The van der Waals surface area contributed by atoms with Crippen LogP contribution in [0.1, 0.15) is 44.4 Å². The maximum absolute atomic E-state index is 10.8. The van der Waals surface area contributed by atoms with Crippen LogP contribution >= 0.6 is 24.0 Å². The third-order valence-corrected chi connectivity index (χ3v) is 5.17. The highest BCUT2D eigenvalue weighted by Gasteiger charge is 2.23. The summed E-state index contributed by atoms with van der Waals surface area (Å²) in [6, 6.07) is 18.6.